The van der Waals surface area contributed by atoms with Crippen molar-refractivity contribution in [1.29, 1.82) is 0 Å². The van der Waals surface area contributed by atoms with E-state index in [0.717, 1.165) is 17.1 Å². The van der Waals surface area contributed by atoms with Gasteiger partial charge in [0.05, 0.1) is 4.90 Å². The Kier molecular flexibility index (Phi) is 4.68. The van der Waals surface area contributed by atoms with E-state index in [1.54, 1.807) is 17.0 Å². The van der Waals surface area contributed by atoms with Gasteiger partial charge in [0.2, 0.25) is 10.0 Å². The van der Waals surface area contributed by atoms with E-state index in [0.29, 0.717) is 17.6 Å². The molecule has 2 unspecified atom stereocenters. The molecule has 0 aromatic heterocycles. The number of nitrogens with one attached hydrogen (secondary N) is 1. The number of benzene rings is 1. The average Bonchev–Trinajstić information content (AvgIpc) is 2.91. The Morgan fingerprint density at radius 1 is 1.12 bits per heavy atom. The molecule has 2 saturated heterocycles. The van der Waals surface area contributed by atoms with E-state index in [2.05, 4.69) is 5.32 Å². The van der Waals surface area contributed by atoms with E-state index in [9.17, 15) is 13.2 Å². The van der Waals surface area contributed by atoms with Crippen molar-refractivity contribution in [3.8, 4) is 0 Å². The molecule has 0 saturated carbocycles. The summed E-state index contributed by atoms with van der Waals surface area (Å²) in [6.45, 7) is 0. The highest BCUT2D eigenvalue weighted by Crippen LogP contribution is 2.30. The average molecular weight is 351 g/mol. The highest BCUT2D eigenvalue weighted by molar-refractivity contribution is 7.89. The molecule has 2 aliphatic heterocycles. The number of piperidine rings is 1. The van der Waals surface area contributed by atoms with Gasteiger partial charge in [-0.3, -0.25) is 4.79 Å². The molecular weight excluding hydrogens is 326 g/mol. The lowest BCUT2D eigenvalue weighted by molar-refractivity contribution is 0.0681. The van der Waals surface area contributed by atoms with Gasteiger partial charge in [-0.05, 0) is 43.9 Å². The molecule has 2 bridgehead atoms. The molecule has 0 spiro atoms. The van der Waals surface area contributed by atoms with Gasteiger partial charge in [-0.1, -0.05) is 6.07 Å². The van der Waals surface area contributed by atoms with Crippen molar-refractivity contribution in [2.24, 2.45) is 0 Å². The van der Waals surface area contributed by atoms with Gasteiger partial charge in [0, 0.05) is 44.8 Å². The Morgan fingerprint density at radius 2 is 1.75 bits per heavy atom. The van der Waals surface area contributed by atoms with E-state index < -0.39 is 10.0 Å². The molecule has 1 aromatic rings. The van der Waals surface area contributed by atoms with Gasteiger partial charge in [-0.2, -0.15) is 0 Å². The van der Waals surface area contributed by atoms with Crippen molar-refractivity contribution in [3.63, 3.8) is 0 Å². The van der Waals surface area contributed by atoms with Crippen molar-refractivity contribution in [2.45, 2.75) is 48.7 Å². The van der Waals surface area contributed by atoms with Gasteiger partial charge in [-0.25, -0.2) is 12.7 Å². The summed E-state index contributed by atoms with van der Waals surface area (Å²) in [7, 11) is 1.26. The fourth-order valence-corrected chi connectivity index (χ4v) is 4.66. The maximum Gasteiger partial charge on any atom is 0.253 e. The molecular formula is C17H25N3O3S. The van der Waals surface area contributed by atoms with E-state index >= 15 is 0 Å². The Hall–Kier alpha value is -1.44. The van der Waals surface area contributed by atoms with Crippen LogP contribution in [-0.2, 0) is 10.0 Å². The molecule has 2 aliphatic rings. The molecule has 7 heteroatoms. The fourth-order valence-electron chi connectivity index (χ4n) is 3.71. The van der Waals surface area contributed by atoms with Crippen LogP contribution in [0.15, 0.2) is 29.2 Å². The van der Waals surface area contributed by atoms with Crippen LogP contribution in [0.5, 0.6) is 0 Å². The monoisotopic (exact) mass is 351 g/mol. The van der Waals surface area contributed by atoms with Gasteiger partial charge in [0.25, 0.3) is 5.91 Å². The minimum absolute atomic E-state index is 0.114. The second-order valence-corrected chi connectivity index (χ2v) is 9.15. The van der Waals surface area contributed by atoms with Crippen molar-refractivity contribution in [1.82, 2.24) is 14.5 Å². The van der Waals surface area contributed by atoms with Crippen molar-refractivity contribution in [2.75, 3.05) is 21.1 Å². The van der Waals surface area contributed by atoms with Gasteiger partial charge >= 0.3 is 0 Å². The molecule has 1 aromatic carbocycles. The fraction of sp³-hybridized carbons (Fsp3) is 0.588. The van der Waals surface area contributed by atoms with Crippen LogP contribution in [0.25, 0.3) is 0 Å². The number of nitrogens with zero attached hydrogens (tertiary/aromatic N) is 2. The molecule has 0 aliphatic carbocycles. The summed E-state index contributed by atoms with van der Waals surface area (Å²) < 4.78 is 25.7. The van der Waals surface area contributed by atoms with Crippen molar-refractivity contribution in [3.05, 3.63) is 29.8 Å². The first-order valence-electron chi connectivity index (χ1n) is 8.35. The first-order valence-corrected chi connectivity index (χ1v) is 9.79. The number of sulfonamides is 1. The van der Waals surface area contributed by atoms with Crippen LogP contribution in [0, 0.1) is 0 Å². The SMILES string of the molecule is CN(C(=O)c1cccc(S(=O)(=O)N(C)C)c1)C1CC2CCC(C1)N2. The highest BCUT2D eigenvalue weighted by Gasteiger charge is 2.36. The second-order valence-electron chi connectivity index (χ2n) is 6.99. The summed E-state index contributed by atoms with van der Waals surface area (Å²) in [5, 5.41) is 3.57. The summed E-state index contributed by atoms with van der Waals surface area (Å²) in [5.41, 5.74) is 0.423. The Bertz CT molecular complexity index is 720. The largest absolute Gasteiger partial charge is 0.339 e. The molecule has 2 atom stereocenters. The number of amides is 1. The molecule has 24 heavy (non-hydrogen) atoms. The second kappa shape index (κ2) is 6.46. The zero-order chi connectivity index (χ0) is 17.5. The number of hydrogen-bond donors (Lipinski definition) is 1. The normalized spacial score (nSPS) is 26.6. The van der Waals surface area contributed by atoms with Crippen LogP contribution in [0.3, 0.4) is 0 Å². The number of rotatable bonds is 4. The first kappa shape index (κ1) is 17.4. The molecule has 0 radical (unpaired) electrons. The predicted molar refractivity (Wildman–Crippen MR) is 92.4 cm³/mol. The third-order valence-corrected chi connectivity index (χ3v) is 6.99. The summed E-state index contributed by atoms with van der Waals surface area (Å²) in [4.78, 5) is 14.8. The van der Waals surface area contributed by atoms with Crippen LogP contribution >= 0.6 is 0 Å². The third kappa shape index (κ3) is 3.20. The lowest BCUT2D eigenvalue weighted by Crippen LogP contribution is -2.48. The minimum Gasteiger partial charge on any atom is -0.339 e. The Balaban J connectivity index is 1.80. The van der Waals surface area contributed by atoms with E-state index in [1.807, 2.05) is 7.05 Å². The predicted octanol–water partition coefficient (Wildman–Crippen LogP) is 1.29. The molecule has 2 fully saturated rings. The molecule has 1 N–H and O–H groups in total. The molecule has 2 heterocycles. The summed E-state index contributed by atoms with van der Waals surface area (Å²) >= 11 is 0. The van der Waals surface area contributed by atoms with Crippen LogP contribution in [0.4, 0.5) is 0 Å². The first-order chi connectivity index (χ1) is 11.3. The molecule has 6 nitrogen and oxygen atoms in total. The summed E-state index contributed by atoms with van der Waals surface area (Å²) in [6, 6.07) is 7.53. The highest BCUT2D eigenvalue weighted by atomic mass is 32.2. The Labute approximate surface area is 143 Å². The van der Waals surface area contributed by atoms with E-state index in [1.165, 1.54) is 39.1 Å². The summed E-state index contributed by atoms with van der Waals surface area (Å²) in [5.74, 6) is -0.114. The van der Waals surface area contributed by atoms with Gasteiger partial charge in [0.15, 0.2) is 0 Å². The van der Waals surface area contributed by atoms with Gasteiger partial charge in [0.1, 0.15) is 0 Å². The minimum atomic E-state index is -3.54. The quantitative estimate of drug-likeness (QED) is 0.887. The van der Waals surface area contributed by atoms with Crippen LogP contribution in [-0.4, -0.2) is 62.8 Å². The van der Waals surface area contributed by atoms with Gasteiger partial charge in [-0.15, -0.1) is 0 Å². The zero-order valence-corrected chi connectivity index (χ0v) is 15.2. The van der Waals surface area contributed by atoms with Crippen LogP contribution in [0.2, 0.25) is 0 Å². The van der Waals surface area contributed by atoms with E-state index in [4.69, 9.17) is 0 Å². The van der Waals surface area contributed by atoms with Crippen molar-refractivity contribution < 1.29 is 13.2 Å². The number of fused-ring (bicyclic) bond motifs is 2. The molecule has 1 amide bonds. The standard InChI is InChI=1S/C17H25N3O3S/c1-19(2)24(22,23)16-6-4-5-12(9-16)17(21)20(3)15-10-13-7-8-14(11-15)18-13/h4-6,9,13-15,18H,7-8,10-11H2,1-3H3. The zero-order valence-electron chi connectivity index (χ0n) is 14.4. The molecule has 3 rings (SSSR count). The smallest absolute Gasteiger partial charge is 0.253 e. The van der Waals surface area contributed by atoms with Crippen molar-refractivity contribution >= 4 is 15.9 Å². The lowest BCUT2D eigenvalue weighted by atomic mass is 9.98. The van der Waals surface area contributed by atoms with E-state index in [-0.39, 0.29) is 16.8 Å². The van der Waals surface area contributed by atoms with Crippen LogP contribution in [0.1, 0.15) is 36.0 Å². The number of hydrogen-bond acceptors (Lipinski definition) is 4. The van der Waals surface area contributed by atoms with Crippen LogP contribution < -0.4 is 5.32 Å². The van der Waals surface area contributed by atoms with Gasteiger partial charge < -0.3 is 10.2 Å². The molecule has 132 valence electrons. The number of carbonyl (C=O) groups is 1. The maximum absolute atomic E-state index is 12.8. The summed E-state index contributed by atoms with van der Waals surface area (Å²) in [6.07, 6.45) is 4.29. The topological polar surface area (TPSA) is 69.7 Å². The third-order valence-electron chi connectivity index (χ3n) is 5.18. The Morgan fingerprint density at radius 3 is 2.33 bits per heavy atom. The lowest BCUT2D eigenvalue weighted by Gasteiger charge is -2.35. The maximum atomic E-state index is 12.8. The number of carbonyl (C=O) groups excluding carboxylic acids is 1.